The first kappa shape index (κ1) is 15.4. The molecule has 1 saturated heterocycles. The predicted molar refractivity (Wildman–Crippen MR) is 69.5 cm³/mol. The Morgan fingerprint density at radius 1 is 1.35 bits per heavy atom. The highest BCUT2D eigenvalue weighted by Crippen LogP contribution is 2.32. The number of halogens is 4. The first-order chi connectivity index (χ1) is 9.16. The van der Waals surface area contributed by atoms with Gasteiger partial charge in [-0.25, -0.2) is 13.4 Å². The Balaban J connectivity index is 2.19. The lowest BCUT2D eigenvalue weighted by atomic mass is 10.2. The molecule has 4 nitrogen and oxygen atoms in total. The summed E-state index contributed by atoms with van der Waals surface area (Å²) in [6.07, 6.45) is -3.48. The van der Waals surface area contributed by atoms with Gasteiger partial charge in [0.15, 0.2) is 9.84 Å². The van der Waals surface area contributed by atoms with Crippen LogP contribution in [0.15, 0.2) is 12.1 Å². The number of hydrogen-bond acceptors (Lipinski definition) is 4. The fraction of sp³-hybridized carbons (Fsp3) is 0.545. The largest absolute Gasteiger partial charge is 0.416 e. The molecule has 0 aliphatic carbocycles. The first-order valence-corrected chi connectivity index (χ1v) is 8.07. The number of aromatic nitrogens is 1. The van der Waals surface area contributed by atoms with E-state index in [0.29, 0.717) is 12.8 Å². The maximum Gasteiger partial charge on any atom is 0.416 e. The van der Waals surface area contributed by atoms with Crippen molar-refractivity contribution >= 4 is 27.3 Å². The summed E-state index contributed by atoms with van der Waals surface area (Å²) in [6, 6.07) is 1.11. The second kappa shape index (κ2) is 5.40. The van der Waals surface area contributed by atoms with Crippen LogP contribution in [0.5, 0.6) is 0 Å². The minimum Gasteiger partial charge on any atom is -0.366 e. The summed E-state index contributed by atoms with van der Waals surface area (Å²) in [5.74, 6) is -0.0586. The molecule has 0 spiro atoms. The van der Waals surface area contributed by atoms with Gasteiger partial charge in [0.1, 0.15) is 11.0 Å². The monoisotopic (exact) mass is 328 g/mol. The zero-order chi connectivity index (χ0) is 15.0. The molecule has 1 aromatic rings. The normalized spacial score (nSPS) is 22.5. The van der Waals surface area contributed by atoms with Crippen molar-refractivity contribution < 1.29 is 21.6 Å². The van der Waals surface area contributed by atoms with Gasteiger partial charge < -0.3 is 5.32 Å². The number of anilines is 1. The number of hydrogen-bond donors (Lipinski definition) is 1. The van der Waals surface area contributed by atoms with Gasteiger partial charge in [-0.3, -0.25) is 0 Å². The summed E-state index contributed by atoms with van der Waals surface area (Å²) in [4.78, 5) is 3.75. The highest BCUT2D eigenvalue weighted by Gasteiger charge is 2.32. The Bertz CT molecular complexity index is 604. The number of sulfone groups is 1. The number of pyridine rings is 1. The van der Waals surface area contributed by atoms with E-state index in [1.165, 1.54) is 0 Å². The zero-order valence-electron chi connectivity index (χ0n) is 10.2. The molecule has 2 heterocycles. The van der Waals surface area contributed by atoms with Gasteiger partial charge in [-0.05, 0) is 25.0 Å². The molecule has 1 atom stereocenters. The molecule has 9 heteroatoms. The van der Waals surface area contributed by atoms with E-state index in [1.54, 1.807) is 0 Å². The molecule has 0 amide bonds. The van der Waals surface area contributed by atoms with Crippen molar-refractivity contribution in [2.45, 2.75) is 25.1 Å². The Kier molecular flexibility index (Phi) is 4.15. The lowest BCUT2D eigenvalue weighted by Crippen LogP contribution is -2.35. The van der Waals surface area contributed by atoms with Gasteiger partial charge in [0.2, 0.25) is 0 Å². The van der Waals surface area contributed by atoms with Crippen LogP contribution in [0.25, 0.3) is 0 Å². The molecule has 1 aromatic heterocycles. The minimum atomic E-state index is -4.53. The molecular formula is C11H12ClF3N2O2S. The van der Waals surface area contributed by atoms with Crippen molar-refractivity contribution in [2.75, 3.05) is 16.8 Å². The summed E-state index contributed by atoms with van der Waals surface area (Å²) in [5, 5.41) is 2.42. The van der Waals surface area contributed by atoms with E-state index in [9.17, 15) is 21.6 Å². The molecule has 1 fully saturated rings. The van der Waals surface area contributed by atoms with Gasteiger partial charge in [0.05, 0.1) is 17.1 Å². The van der Waals surface area contributed by atoms with Gasteiger partial charge in [-0.1, -0.05) is 11.6 Å². The van der Waals surface area contributed by atoms with E-state index in [2.05, 4.69) is 10.3 Å². The van der Waals surface area contributed by atoms with Crippen molar-refractivity contribution in [2.24, 2.45) is 0 Å². The third kappa shape index (κ3) is 3.99. The Morgan fingerprint density at radius 3 is 2.65 bits per heavy atom. The van der Waals surface area contributed by atoms with Crippen molar-refractivity contribution in [1.82, 2.24) is 4.98 Å². The maximum atomic E-state index is 12.6. The van der Waals surface area contributed by atoms with Gasteiger partial charge in [-0.15, -0.1) is 0 Å². The summed E-state index contributed by atoms with van der Waals surface area (Å²) in [7, 11) is -3.15. The van der Waals surface area contributed by atoms with Crippen molar-refractivity contribution in [3.63, 3.8) is 0 Å². The van der Waals surface area contributed by atoms with Crippen molar-refractivity contribution in [3.05, 3.63) is 22.8 Å². The standard InChI is InChI=1S/C11H12ClF3N2O2S/c12-9-4-7(11(13,14)15)5-10(17-9)16-8-2-1-3-20(18,19)6-8/h4-5,8H,1-3,6H2,(H,16,17). The SMILES string of the molecule is O=S1(=O)CCCC(Nc2cc(C(F)(F)F)cc(Cl)n2)C1. The number of rotatable bonds is 2. The first-order valence-electron chi connectivity index (χ1n) is 5.87. The molecule has 0 radical (unpaired) electrons. The molecule has 1 N–H and O–H groups in total. The van der Waals surface area contributed by atoms with Gasteiger partial charge in [0, 0.05) is 6.04 Å². The molecule has 1 unspecified atom stereocenters. The van der Waals surface area contributed by atoms with Crippen LogP contribution in [0.1, 0.15) is 18.4 Å². The van der Waals surface area contributed by atoms with Crippen LogP contribution in [-0.2, 0) is 16.0 Å². The third-order valence-electron chi connectivity index (χ3n) is 2.94. The van der Waals surface area contributed by atoms with Crippen LogP contribution >= 0.6 is 11.6 Å². The number of alkyl halides is 3. The lowest BCUT2D eigenvalue weighted by Gasteiger charge is -2.23. The van der Waals surface area contributed by atoms with E-state index in [1.807, 2.05) is 0 Å². The van der Waals surface area contributed by atoms with E-state index >= 15 is 0 Å². The Labute approximate surface area is 119 Å². The summed E-state index contributed by atoms with van der Waals surface area (Å²) in [5.41, 5.74) is -0.918. The molecule has 0 bridgehead atoms. The Hall–Kier alpha value is -1.02. The van der Waals surface area contributed by atoms with E-state index in [-0.39, 0.29) is 22.5 Å². The molecule has 1 aliphatic heterocycles. The fourth-order valence-corrected chi connectivity index (χ4v) is 3.93. The third-order valence-corrected chi connectivity index (χ3v) is 4.95. The molecule has 0 saturated carbocycles. The highest BCUT2D eigenvalue weighted by atomic mass is 35.5. The van der Waals surface area contributed by atoms with E-state index in [4.69, 9.17) is 11.6 Å². The zero-order valence-corrected chi connectivity index (χ0v) is 11.8. The lowest BCUT2D eigenvalue weighted by molar-refractivity contribution is -0.137. The second-order valence-corrected chi connectivity index (χ2v) is 7.28. The predicted octanol–water partition coefficient (Wildman–Crippen LogP) is 2.74. The molecule has 0 aromatic carbocycles. The summed E-state index contributed by atoms with van der Waals surface area (Å²) in [6.45, 7) is 0. The molecule has 2 rings (SSSR count). The van der Waals surface area contributed by atoms with Gasteiger partial charge in [0.25, 0.3) is 0 Å². The minimum absolute atomic E-state index is 0.0630. The van der Waals surface area contributed by atoms with Crippen LogP contribution in [-0.4, -0.2) is 30.9 Å². The molecule has 20 heavy (non-hydrogen) atoms. The highest BCUT2D eigenvalue weighted by molar-refractivity contribution is 7.91. The van der Waals surface area contributed by atoms with Gasteiger partial charge in [-0.2, -0.15) is 13.2 Å². The van der Waals surface area contributed by atoms with Crippen LogP contribution in [0.3, 0.4) is 0 Å². The van der Waals surface area contributed by atoms with Crippen LogP contribution < -0.4 is 5.32 Å². The molecule has 112 valence electrons. The topological polar surface area (TPSA) is 59.1 Å². The molecule has 1 aliphatic rings. The van der Waals surface area contributed by atoms with E-state index < -0.39 is 27.6 Å². The average Bonchev–Trinajstić information content (AvgIpc) is 2.25. The van der Waals surface area contributed by atoms with E-state index in [0.717, 1.165) is 12.1 Å². The van der Waals surface area contributed by atoms with Crippen LogP contribution in [0.4, 0.5) is 19.0 Å². The van der Waals surface area contributed by atoms with Crippen LogP contribution in [0, 0.1) is 0 Å². The second-order valence-electron chi connectivity index (χ2n) is 4.66. The van der Waals surface area contributed by atoms with Crippen molar-refractivity contribution in [3.8, 4) is 0 Å². The maximum absolute atomic E-state index is 12.6. The summed E-state index contributed by atoms with van der Waals surface area (Å²) >= 11 is 5.56. The van der Waals surface area contributed by atoms with Gasteiger partial charge >= 0.3 is 6.18 Å². The summed E-state index contributed by atoms with van der Waals surface area (Å²) < 4.78 is 60.9. The Morgan fingerprint density at radius 2 is 2.05 bits per heavy atom. The smallest absolute Gasteiger partial charge is 0.366 e. The quantitative estimate of drug-likeness (QED) is 0.848. The fourth-order valence-electron chi connectivity index (χ4n) is 2.08. The van der Waals surface area contributed by atoms with Crippen LogP contribution in [0.2, 0.25) is 5.15 Å². The molecular weight excluding hydrogens is 317 g/mol. The number of nitrogens with one attached hydrogen (secondary N) is 1. The van der Waals surface area contributed by atoms with Crippen molar-refractivity contribution in [1.29, 1.82) is 0 Å². The number of nitrogens with zero attached hydrogens (tertiary/aromatic N) is 1. The average molecular weight is 329 g/mol.